The van der Waals surface area contributed by atoms with Gasteiger partial charge in [0.15, 0.2) is 17.4 Å². The molecular weight excluding hydrogens is 1090 g/mol. The van der Waals surface area contributed by atoms with Gasteiger partial charge in [0.05, 0.1) is 48.0 Å². The number of piperazine rings is 1. The lowest BCUT2D eigenvalue weighted by molar-refractivity contribution is -0.141. The van der Waals surface area contributed by atoms with Gasteiger partial charge in [-0.15, -0.1) is 0 Å². The van der Waals surface area contributed by atoms with Gasteiger partial charge in [-0.1, -0.05) is 87.5 Å². The zero-order chi connectivity index (χ0) is 58.9. The van der Waals surface area contributed by atoms with Crippen LogP contribution in [0.1, 0.15) is 76.7 Å². The van der Waals surface area contributed by atoms with Crippen molar-refractivity contribution in [2.45, 2.75) is 83.5 Å². The normalized spacial score (nSPS) is 19.0. The van der Waals surface area contributed by atoms with Crippen LogP contribution in [0.2, 0.25) is 5.02 Å². The molecule has 4 aromatic carbocycles. The Morgan fingerprint density at radius 3 is 2.45 bits per heavy atom. The number of nitriles is 1. The number of hydrogen-bond acceptors (Lipinski definition) is 15. The van der Waals surface area contributed by atoms with Gasteiger partial charge in [0.2, 0.25) is 11.8 Å². The van der Waals surface area contributed by atoms with Crippen molar-refractivity contribution in [2.24, 2.45) is 18.4 Å². The highest BCUT2D eigenvalue weighted by Crippen LogP contribution is 2.43. The number of hydrogen-bond donors (Lipinski definition) is 3. The van der Waals surface area contributed by atoms with Gasteiger partial charge in [0.25, 0.3) is 11.8 Å². The van der Waals surface area contributed by atoms with Gasteiger partial charge in [-0.05, 0) is 95.7 Å². The van der Waals surface area contributed by atoms with E-state index in [1.54, 1.807) is 52.2 Å². The number of aliphatic hydroxyl groups excluding tert-OH is 1. The van der Waals surface area contributed by atoms with Crippen LogP contribution in [-0.4, -0.2) is 145 Å². The molecule has 3 amide bonds. The maximum Gasteiger partial charge on any atom is 0.319 e. The summed E-state index contributed by atoms with van der Waals surface area (Å²) in [7, 11) is 1.87. The number of nitrogens with zero attached hydrogens (tertiary/aromatic N) is 10. The van der Waals surface area contributed by atoms with Gasteiger partial charge < -0.3 is 44.2 Å². The standard InChI is InChI=1S/C61H66ClF2N11O8/c1-35(2)52(59(80)75-33-43(77)29-49(75)57(78)67-37(4)38-11-13-39(14-12-38)48-16-20-66-71(48)6)50-31-51(70-83-50)82-34-61(5)17-21-72(22-18-61)25-26-81-60-68-55-46(56(69-60)73-23-24-74(58(79)36(3)63)41(32-73)15-19-65)30-47(62)53(54(55)64)45-28-42(76)27-40-9-7-8-10-44(40)45/h7-14,16,20,27-28,30-31,35,37,41,43,49,52,76-77H,3,15,17-18,21-26,29,32-34H2,1-2,4-6H3,(H,67,78)/t37-,41-,43+,49-,52-/m0/s1. The Morgan fingerprint density at radius 2 is 1.73 bits per heavy atom. The molecule has 0 spiro atoms. The summed E-state index contributed by atoms with van der Waals surface area (Å²) in [5.41, 5.74) is 2.84. The SMILES string of the molecule is C=C(F)C(=O)N1CCN(c2nc(OCCN3CCC(C)(COc4cc([C@@H](C(=O)N5C[C@H](O)C[C@H]5C(=O)N[C@@H](C)c5ccc(-c6ccnn6C)cc5)C(C)C)on4)CC3)nc3c(F)c(-c4cc(O)cc5ccccc45)c(Cl)cc23)C[C@@H]1CC#N. The minimum Gasteiger partial charge on any atom is -0.508 e. The number of carbonyl (C=O) groups excluding carboxylic acids is 3. The Bertz CT molecular complexity index is 3620. The average Bonchev–Trinajstić information content (AvgIpc) is 3.68. The molecule has 19 nitrogen and oxygen atoms in total. The zero-order valence-electron chi connectivity index (χ0n) is 46.9. The van der Waals surface area contributed by atoms with Crippen LogP contribution in [0.15, 0.2) is 102 Å². The molecule has 3 aliphatic rings. The van der Waals surface area contributed by atoms with E-state index in [0.29, 0.717) is 48.3 Å². The second kappa shape index (κ2) is 24.3. The minimum absolute atomic E-state index is 0.00219. The largest absolute Gasteiger partial charge is 0.508 e. The van der Waals surface area contributed by atoms with E-state index >= 15 is 4.39 Å². The van der Waals surface area contributed by atoms with Crippen LogP contribution in [-0.2, 0) is 21.4 Å². The summed E-state index contributed by atoms with van der Waals surface area (Å²) < 4.78 is 51.5. The molecule has 0 bridgehead atoms. The van der Waals surface area contributed by atoms with Crippen LogP contribution in [0.4, 0.5) is 14.6 Å². The molecule has 3 aromatic heterocycles. The van der Waals surface area contributed by atoms with Gasteiger partial charge in [0.1, 0.15) is 35.7 Å². The van der Waals surface area contributed by atoms with Crippen LogP contribution in [0.3, 0.4) is 0 Å². The van der Waals surface area contributed by atoms with E-state index in [-0.39, 0.29) is 120 Å². The van der Waals surface area contributed by atoms with Crippen molar-refractivity contribution in [1.82, 2.24) is 44.9 Å². The Morgan fingerprint density at radius 1 is 0.976 bits per heavy atom. The van der Waals surface area contributed by atoms with Crippen LogP contribution >= 0.6 is 11.6 Å². The third kappa shape index (κ3) is 12.3. The van der Waals surface area contributed by atoms with E-state index in [4.69, 9.17) is 30.6 Å². The lowest BCUT2D eigenvalue weighted by Gasteiger charge is -2.41. The highest BCUT2D eigenvalue weighted by atomic mass is 35.5. The summed E-state index contributed by atoms with van der Waals surface area (Å²) in [5, 5.41) is 44.3. The number of phenolic OH excluding ortho intramolecular Hbond substituents is 1. The summed E-state index contributed by atoms with van der Waals surface area (Å²) in [6.45, 7) is 13.5. The number of β-amino-alcohol motifs (C(OH)–C–C–N with tert-alkyl or cyclic N) is 1. The number of aryl methyl sites for hydroxylation is 1. The van der Waals surface area contributed by atoms with Crippen molar-refractivity contribution in [2.75, 3.05) is 63.9 Å². The molecule has 0 aliphatic carbocycles. The third-order valence-electron chi connectivity index (χ3n) is 16.3. The lowest BCUT2D eigenvalue weighted by Crippen LogP contribution is -2.55. The molecule has 83 heavy (non-hydrogen) atoms. The van der Waals surface area contributed by atoms with Crippen LogP contribution in [0.5, 0.6) is 17.6 Å². The van der Waals surface area contributed by atoms with Crippen LogP contribution in [0.25, 0.3) is 44.1 Å². The number of aliphatic hydroxyl groups is 1. The van der Waals surface area contributed by atoms with Gasteiger partial charge in [-0.25, -0.2) is 8.78 Å². The summed E-state index contributed by atoms with van der Waals surface area (Å²) in [4.78, 5) is 57.1. The van der Waals surface area contributed by atoms with Crippen molar-refractivity contribution in [1.29, 1.82) is 5.26 Å². The molecule has 10 rings (SSSR count). The summed E-state index contributed by atoms with van der Waals surface area (Å²) in [6.07, 6.45) is 2.34. The zero-order valence-corrected chi connectivity index (χ0v) is 47.7. The van der Waals surface area contributed by atoms with Gasteiger partial charge in [-0.2, -0.15) is 20.3 Å². The van der Waals surface area contributed by atoms with Crippen molar-refractivity contribution in [3.05, 3.63) is 120 Å². The summed E-state index contributed by atoms with van der Waals surface area (Å²) >= 11 is 6.95. The van der Waals surface area contributed by atoms with Gasteiger partial charge in [0, 0.05) is 74.8 Å². The van der Waals surface area contributed by atoms with E-state index in [1.807, 2.05) is 64.2 Å². The molecule has 434 valence electrons. The predicted molar refractivity (Wildman–Crippen MR) is 307 cm³/mol. The first-order valence-corrected chi connectivity index (χ1v) is 28.2. The number of nitrogens with one attached hydrogen (secondary N) is 1. The van der Waals surface area contributed by atoms with E-state index in [9.17, 15) is 34.2 Å². The predicted octanol–water partition coefficient (Wildman–Crippen LogP) is 8.89. The van der Waals surface area contributed by atoms with Crippen molar-refractivity contribution < 1.29 is 47.4 Å². The number of rotatable bonds is 18. The summed E-state index contributed by atoms with van der Waals surface area (Å²) in [6, 6.07) is 23.2. The molecule has 3 fully saturated rings. The highest BCUT2D eigenvalue weighted by Gasteiger charge is 2.44. The van der Waals surface area contributed by atoms with Gasteiger partial charge in [-0.3, -0.25) is 24.0 Å². The molecule has 3 N–H and O–H groups in total. The fraction of sp³-hybridized carbons (Fsp3) is 0.410. The molecule has 3 saturated heterocycles. The number of benzene rings is 4. The fourth-order valence-electron chi connectivity index (χ4n) is 11.6. The second-order valence-corrected chi connectivity index (χ2v) is 22.9. The Balaban J connectivity index is 0.778. The highest BCUT2D eigenvalue weighted by molar-refractivity contribution is 6.35. The first-order valence-electron chi connectivity index (χ1n) is 27.8. The average molecular weight is 1150 g/mol. The lowest BCUT2D eigenvalue weighted by atomic mass is 9.81. The number of fused-ring (bicyclic) bond motifs is 2. The molecule has 7 aromatic rings. The number of anilines is 1. The number of phenols is 1. The molecule has 0 unspecified atom stereocenters. The van der Waals surface area contributed by atoms with Gasteiger partial charge >= 0.3 is 6.01 Å². The number of piperidine rings is 1. The molecular formula is C61H66ClF2N11O8. The summed E-state index contributed by atoms with van der Waals surface area (Å²) in [5.74, 6) is -3.91. The molecule has 0 saturated carbocycles. The number of ether oxygens (including phenoxy) is 2. The van der Waals surface area contributed by atoms with Crippen LogP contribution in [0, 0.1) is 28.5 Å². The first-order chi connectivity index (χ1) is 39.8. The third-order valence-corrected chi connectivity index (χ3v) is 16.6. The topological polar surface area (TPSA) is 229 Å². The molecule has 6 heterocycles. The first kappa shape index (κ1) is 58.0. The number of amides is 3. The smallest absolute Gasteiger partial charge is 0.319 e. The number of halogens is 3. The van der Waals surface area contributed by atoms with Crippen molar-refractivity contribution >= 4 is 56.8 Å². The minimum atomic E-state index is -1.14. The Hall–Kier alpha value is -8.19. The molecule has 0 radical (unpaired) electrons. The maximum absolute atomic E-state index is 17.3. The second-order valence-electron chi connectivity index (χ2n) is 22.5. The molecule has 5 atom stereocenters. The van der Waals surface area contributed by atoms with Crippen LogP contribution < -0.4 is 19.7 Å². The number of aromatic nitrogens is 5. The van der Waals surface area contributed by atoms with Crippen molar-refractivity contribution in [3.63, 3.8) is 0 Å². The maximum atomic E-state index is 17.3. The van der Waals surface area contributed by atoms with E-state index < -0.39 is 41.7 Å². The van der Waals surface area contributed by atoms with E-state index in [2.05, 4.69) is 45.0 Å². The number of carbonyl (C=O) groups is 3. The monoisotopic (exact) mass is 1150 g/mol. The fourth-order valence-corrected chi connectivity index (χ4v) is 11.9. The molecule has 22 heteroatoms. The number of aromatic hydroxyl groups is 1. The molecule has 3 aliphatic heterocycles. The van der Waals surface area contributed by atoms with E-state index in [0.717, 1.165) is 29.7 Å². The Labute approximate surface area is 484 Å². The van der Waals surface area contributed by atoms with E-state index in [1.165, 1.54) is 15.9 Å². The number of likely N-dealkylation sites (tertiary alicyclic amines) is 2. The Kier molecular flexibility index (Phi) is 17.0. The quantitative estimate of drug-likeness (QED) is 0.0682. The van der Waals surface area contributed by atoms with Crippen molar-refractivity contribution in [3.8, 4) is 46.1 Å².